The molecule has 1 heterocycles. The van der Waals surface area contributed by atoms with Gasteiger partial charge in [-0.05, 0) is 97.7 Å². The van der Waals surface area contributed by atoms with Crippen LogP contribution in [0.3, 0.4) is 0 Å². The van der Waals surface area contributed by atoms with Gasteiger partial charge in [0, 0.05) is 28.0 Å². The van der Waals surface area contributed by atoms with Gasteiger partial charge in [0.2, 0.25) is 0 Å². The van der Waals surface area contributed by atoms with E-state index in [9.17, 15) is 0 Å². The van der Waals surface area contributed by atoms with Crippen LogP contribution < -0.4 is 4.90 Å². The molecule has 0 unspecified atom stereocenters. The Kier molecular flexibility index (Phi) is 7.37. The Morgan fingerprint density at radius 3 is 1.62 bits per heavy atom. The summed E-state index contributed by atoms with van der Waals surface area (Å²) in [5, 5.41) is 8.38. The summed E-state index contributed by atoms with van der Waals surface area (Å²) in [4.78, 5) is 7.56. The molecule has 0 saturated carbocycles. The maximum absolute atomic E-state index is 5.21. The van der Waals surface area contributed by atoms with Crippen LogP contribution in [0.4, 0.5) is 17.1 Å². The van der Waals surface area contributed by atoms with Crippen molar-refractivity contribution in [3.8, 4) is 32.8 Å². The summed E-state index contributed by atoms with van der Waals surface area (Å²) < 4.78 is 1.21. The summed E-state index contributed by atoms with van der Waals surface area (Å²) in [5.74, 6) is 0. The highest BCUT2D eigenvalue weighted by molar-refractivity contribution is 7.21. The van der Waals surface area contributed by atoms with Crippen LogP contribution in [0, 0.1) is 0 Å². The number of hydrogen-bond acceptors (Lipinski definition) is 3. The maximum atomic E-state index is 5.21. The van der Waals surface area contributed by atoms with Gasteiger partial charge in [0.25, 0.3) is 0 Å². The predicted octanol–water partition coefficient (Wildman–Crippen LogP) is 14.2. The number of anilines is 3. The number of fused-ring (bicyclic) bond motifs is 6. The monoisotopic (exact) mass is 680 g/mol. The van der Waals surface area contributed by atoms with E-state index in [4.69, 9.17) is 4.98 Å². The molecule has 0 bridgehead atoms. The highest BCUT2D eigenvalue weighted by atomic mass is 32.1. The van der Waals surface area contributed by atoms with Gasteiger partial charge in [-0.2, -0.15) is 0 Å². The van der Waals surface area contributed by atoms with Crippen LogP contribution >= 0.6 is 11.3 Å². The Morgan fingerprint density at radius 1 is 0.365 bits per heavy atom. The molecule has 2 nitrogen and oxygen atoms in total. The molecule has 10 aromatic rings. The molecule has 0 fully saturated rings. The molecule has 0 radical (unpaired) electrons. The zero-order valence-electron chi connectivity index (χ0n) is 28.3. The molecule has 10 rings (SSSR count). The van der Waals surface area contributed by atoms with Crippen molar-refractivity contribution in [2.24, 2.45) is 0 Å². The predicted molar refractivity (Wildman–Crippen MR) is 223 cm³/mol. The first-order valence-corrected chi connectivity index (χ1v) is 18.4. The van der Waals surface area contributed by atoms with Crippen LogP contribution in [0.1, 0.15) is 0 Å². The second kappa shape index (κ2) is 12.6. The van der Waals surface area contributed by atoms with Gasteiger partial charge in [-0.15, -0.1) is 11.3 Å². The number of thiazole rings is 1. The van der Waals surface area contributed by atoms with E-state index < -0.39 is 0 Å². The van der Waals surface area contributed by atoms with Crippen LogP contribution in [0.5, 0.6) is 0 Å². The highest BCUT2D eigenvalue weighted by Gasteiger charge is 2.16. The summed E-state index contributed by atoms with van der Waals surface area (Å²) in [6.45, 7) is 0. The Labute approximate surface area is 306 Å². The van der Waals surface area contributed by atoms with Gasteiger partial charge in [-0.3, -0.25) is 0 Å². The third-order valence-electron chi connectivity index (χ3n) is 10.1. The second-order valence-electron chi connectivity index (χ2n) is 13.2. The maximum Gasteiger partial charge on any atom is 0.124 e. The Hall–Kier alpha value is -6.55. The Bertz CT molecular complexity index is 2880. The summed E-state index contributed by atoms with van der Waals surface area (Å²) in [7, 11) is 0. The first-order chi connectivity index (χ1) is 25.7. The molecule has 52 heavy (non-hydrogen) atoms. The normalized spacial score (nSPS) is 11.5. The summed E-state index contributed by atoms with van der Waals surface area (Å²) >= 11 is 1.76. The largest absolute Gasteiger partial charge is 0.310 e. The Balaban J connectivity index is 1.06. The van der Waals surface area contributed by atoms with Crippen LogP contribution in [-0.2, 0) is 0 Å². The van der Waals surface area contributed by atoms with E-state index in [2.05, 4.69) is 199 Å². The molecule has 0 spiro atoms. The van der Waals surface area contributed by atoms with Gasteiger partial charge >= 0.3 is 0 Å². The molecule has 244 valence electrons. The van der Waals surface area contributed by atoms with Crippen LogP contribution in [0.15, 0.2) is 194 Å². The minimum atomic E-state index is 1.05. The number of rotatable bonds is 6. The first kappa shape index (κ1) is 30.3. The first-order valence-electron chi connectivity index (χ1n) is 17.6. The molecule has 0 aliphatic carbocycles. The number of benzene rings is 9. The van der Waals surface area contributed by atoms with Crippen molar-refractivity contribution in [3.63, 3.8) is 0 Å². The van der Waals surface area contributed by atoms with Gasteiger partial charge in [0.05, 0.1) is 10.2 Å². The fourth-order valence-electron chi connectivity index (χ4n) is 7.41. The van der Waals surface area contributed by atoms with Crippen molar-refractivity contribution in [1.29, 1.82) is 0 Å². The van der Waals surface area contributed by atoms with Crippen molar-refractivity contribution >= 4 is 70.9 Å². The third kappa shape index (κ3) is 5.40. The average Bonchev–Trinajstić information content (AvgIpc) is 3.67. The summed E-state index contributed by atoms with van der Waals surface area (Å²) in [6, 6.07) is 69.9. The molecule has 1 aromatic heterocycles. The lowest BCUT2D eigenvalue weighted by Gasteiger charge is -2.26. The SMILES string of the molecule is c1ccc(-c2ccc(N(c3ccc(-c4ccc5ccc6ccc7sc(-c8ccccc8)nc7c6c5c4)cc3)c3ccc4ccccc4c3)cc2)cc1. The van der Waals surface area contributed by atoms with Crippen molar-refractivity contribution in [2.75, 3.05) is 4.90 Å². The summed E-state index contributed by atoms with van der Waals surface area (Å²) in [6.07, 6.45) is 0. The Morgan fingerprint density at radius 2 is 0.885 bits per heavy atom. The van der Waals surface area contributed by atoms with Crippen molar-refractivity contribution < 1.29 is 0 Å². The lowest BCUT2D eigenvalue weighted by Crippen LogP contribution is -2.09. The molecule has 0 saturated heterocycles. The summed E-state index contributed by atoms with van der Waals surface area (Å²) in [5.41, 5.74) is 10.4. The second-order valence-corrected chi connectivity index (χ2v) is 14.3. The van der Waals surface area contributed by atoms with Gasteiger partial charge in [-0.1, -0.05) is 146 Å². The van der Waals surface area contributed by atoms with Gasteiger partial charge in [-0.25, -0.2) is 4.98 Å². The van der Waals surface area contributed by atoms with Crippen LogP contribution in [0.25, 0.3) is 75.4 Å². The van der Waals surface area contributed by atoms with Crippen molar-refractivity contribution in [3.05, 3.63) is 194 Å². The smallest absolute Gasteiger partial charge is 0.124 e. The van der Waals surface area contributed by atoms with E-state index in [1.54, 1.807) is 11.3 Å². The van der Waals surface area contributed by atoms with E-state index in [1.165, 1.54) is 59.3 Å². The van der Waals surface area contributed by atoms with Crippen LogP contribution in [-0.4, -0.2) is 4.98 Å². The van der Waals surface area contributed by atoms with E-state index in [0.29, 0.717) is 0 Å². The third-order valence-corrected chi connectivity index (χ3v) is 11.1. The van der Waals surface area contributed by atoms with Gasteiger partial charge in [0.1, 0.15) is 5.01 Å². The molecular weight excluding hydrogens is 649 g/mol. The van der Waals surface area contributed by atoms with Crippen molar-refractivity contribution in [2.45, 2.75) is 0 Å². The molecule has 0 N–H and O–H groups in total. The van der Waals surface area contributed by atoms with E-state index in [0.717, 1.165) is 33.1 Å². The standard InChI is InChI=1S/C49H32N2S/c1-3-9-33(10-4-1)35-19-25-42(26-20-35)51(44-29-23-34-11-7-8-14-40(34)31-44)43-27-21-36(22-28-43)41-18-16-37-15-17-38-24-30-46-48(47(38)45(37)32-41)50-49(52-46)39-12-5-2-6-13-39/h1-32H. The van der Waals surface area contributed by atoms with Crippen LogP contribution in [0.2, 0.25) is 0 Å². The molecule has 0 amide bonds. The average molecular weight is 681 g/mol. The molecule has 3 heteroatoms. The van der Waals surface area contributed by atoms with Crippen molar-refractivity contribution in [1.82, 2.24) is 4.98 Å². The molecule has 0 aliphatic rings. The molecule has 0 aliphatic heterocycles. The molecule has 0 atom stereocenters. The van der Waals surface area contributed by atoms with E-state index in [1.807, 2.05) is 0 Å². The van der Waals surface area contributed by atoms with Gasteiger partial charge in [0.15, 0.2) is 0 Å². The minimum absolute atomic E-state index is 1.05. The fraction of sp³-hybridized carbons (Fsp3) is 0. The van der Waals surface area contributed by atoms with Gasteiger partial charge < -0.3 is 4.90 Å². The number of aromatic nitrogens is 1. The topological polar surface area (TPSA) is 16.1 Å². The van der Waals surface area contributed by atoms with E-state index in [-0.39, 0.29) is 0 Å². The minimum Gasteiger partial charge on any atom is -0.310 e. The highest BCUT2D eigenvalue weighted by Crippen LogP contribution is 2.41. The lowest BCUT2D eigenvalue weighted by molar-refractivity contribution is 1.29. The lowest BCUT2D eigenvalue weighted by atomic mass is 9.96. The quantitative estimate of drug-likeness (QED) is 0.163. The zero-order valence-corrected chi connectivity index (χ0v) is 29.1. The number of nitrogens with zero attached hydrogens (tertiary/aromatic N) is 2. The fourth-order valence-corrected chi connectivity index (χ4v) is 8.39. The van der Waals surface area contributed by atoms with E-state index >= 15 is 0 Å². The zero-order chi connectivity index (χ0) is 34.4. The molecular formula is C49H32N2S. The number of hydrogen-bond donors (Lipinski definition) is 0. The molecule has 9 aromatic carbocycles.